The van der Waals surface area contributed by atoms with E-state index in [1.165, 1.54) is 12.1 Å². The molecule has 0 saturated heterocycles. The number of halogens is 2. The molecule has 0 unspecified atom stereocenters. The molecule has 0 spiro atoms. The van der Waals surface area contributed by atoms with E-state index in [9.17, 15) is 9.18 Å². The second-order valence-electron chi connectivity index (χ2n) is 4.74. The number of carbonyl (C=O) groups excluding carboxylic acids is 1. The minimum absolute atomic E-state index is 0.0474. The molecule has 1 amide bonds. The predicted octanol–water partition coefficient (Wildman–Crippen LogP) is 4.97. The Kier molecular flexibility index (Phi) is 5.12. The number of hydrogen-bond acceptors (Lipinski definition) is 1. The molecule has 2 rings (SSSR count). The number of rotatable bonds is 4. The third-order valence-electron chi connectivity index (χ3n) is 3.41. The van der Waals surface area contributed by atoms with Gasteiger partial charge in [-0.1, -0.05) is 48.0 Å². The Bertz CT molecular complexity index is 648. The largest absolute Gasteiger partial charge is 0.321 e. The average molecular weight is 350 g/mol. The minimum atomic E-state index is -0.533. The van der Waals surface area contributed by atoms with E-state index < -0.39 is 11.7 Å². The van der Waals surface area contributed by atoms with Crippen LogP contribution in [0.15, 0.2) is 40.9 Å². The van der Waals surface area contributed by atoms with Crippen LogP contribution in [0.1, 0.15) is 35.3 Å². The predicted molar refractivity (Wildman–Crippen MR) is 87.3 cm³/mol. The Labute approximate surface area is 132 Å². The molecule has 0 aliphatic heterocycles. The molecule has 0 radical (unpaired) electrons. The fourth-order valence-electron chi connectivity index (χ4n) is 2.26. The molecule has 0 aromatic heterocycles. The molecule has 0 aliphatic rings. The number of hydrogen-bond donors (Lipinski definition) is 1. The van der Waals surface area contributed by atoms with Crippen molar-refractivity contribution in [3.63, 3.8) is 0 Å². The van der Waals surface area contributed by atoms with Gasteiger partial charge in [0, 0.05) is 10.2 Å². The molecule has 21 heavy (non-hydrogen) atoms. The summed E-state index contributed by atoms with van der Waals surface area (Å²) in [6.45, 7) is 4.06. The van der Waals surface area contributed by atoms with Crippen molar-refractivity contribution >= 4 is 27.5 Å². The van der Waals surface area contributed by atoms with Crippen molar-refractivity contribution in [2.45, 2.75) is 26.7 Å². The lowest BCUT2D eigenvalue weighted by Crippen LogP contribution is -2.16. The minimum Gasteiger partial charge on any atom is -0.321 e. The van der Waals surface area contributed by atoms with Gasteiger partial charge in [0.15, 0.2) is 0 Å². The summed E-state index contributed by atoms with van der Waals surface area (Å²) < 4.78 is 14.5. The van der Waals surface area contributed by atoms with E-state index >= 15 is 0 Å². The molecule has 0 fully saturated rings. The standard InChI is InChI=1S/C17H17BrFNO/c1-3-11-6-5-7-12(4-2)16(11)20-17(21)14-9-8-13(18)10-15(14)19/h5-10H,3-4H2,1-2H3,(H,20,21). The molecule has 0 heterocycles. The Morgan fingerprint density at radius 1 is 1.14 bits per heavy atom. The molecule has 2 aromatic carbocycles. The summed E-state index contributed by atoms with van der Waals surface area (Å²) in [6, 6.07) is 10.4. The Morgan fingerprint density at radius 2 is 1.76 bits per heavy atom. The van der Waals surface area contributed by atoms with Crippen molar-refractivity contribution in [3.8, 4) is 0 Å². The summed E-state index contributed by atoms with van der Waals surface area (Å²) >= 11 is 3.19. The van der Waals surface area contributed by atoms with Gasteiger partial charge < -0.3 is 5.32 Å². The zero-order chi connectivity index (χ0) is 15.4. The van der Waals surface area contributed by atoms with Crippen LogP contribution in [0.2, 0.25) is 0 Å². The van der Waals surface area contributed by atoms with E-state index in [1.807, 2.05) is 32.0 Å². The van der Waals surface area contributed by atoms with Gasteiger partial charge in [0.1, 0.15) is 5.82 Å². The molecule has 2 aromatic rings. The Hall–Kier alpha value is -1.68. The third-order valence-corrected chi connectivity index (χ3v) is 3.91. The average Bonchev–Trinajstić information content (AvgIpc) is 2.47. The highest BCUT2D eigenvalue weighted by atomic mass is 79.9. The lowest BCUT2D eigenvalue weighted by atomic mass is 10.0. The zero-order valence-electron chi connectivity index (χ0n) is 12.0. The number of benzene rings is 2. The fourth-order valence-corrected chi connectivity index (χ4v) is 2.59. The molecule has 0 aliphatic carbocycles. The number of para-hydroxylation sites is 1. The van der Waals surface area contributed by atoms with Gasteiger partial charge in [0.2, 0.25) is 0 Å². The highest BCUT2D eigenvalue weighted by Gasteiger charge is 2.15. The number of anilines is 1. The SMILES string of the molecule is CCc1cccc(CC)c1NC(=O)c1ccc(Br)cc1F. The van der Waals surface area contributed by atoms with Crippen LogP contribution in [0.4, 0.5) is 10.1 Å². The van der Waals surface area contributed by atoms with E-state index in [1.54, 1.807) is 6.07 Å². The maximum absolute atomic E-state index is 13.9. The van der Waals surface area contributed by atoms with E-state index in [0.29, 0.717) is 4.47 Å². The van der Waals surface area contributed by atoms with Gasteiger partial charge in [-0.15, -0.1) is 0 Å². The molecular weight excluding hydrogens is 333 g/mol. The lowest BCUT2D eigenvalue weighted by molar-refractivity contribution is 0.102. The van der Waals surface area contributed by atoms with Gasteiger partial charge in [-0.2, -0.15) is 0 Å². The molecule has 110 valence electrons. The molecule has 1 N–H and O–H groups in total. The van der Waals surface area contributed by atoms with Gasteiger partial charge in [-0.05, 0) is 42.2 Å². The first-order valence-corrected chi connectivity index (χ1v) is 7.73. The molecular formula is C17H17BrFNO. The highest BCUT2D eigenvalue weighted by Crippen LogP contribution is 2.24. The lowest BCUT2D eigenvalue weighted by Gasteiger charge is -2.14. The first-order chi connectivity index (χ1) is 10.1. The van der Waals surface area contributed by atoms with Crippen molar-refractivity contribution in [2.24, 2.45) is 0 Å². The van der Waals surface area contributed by atoms with Gasteiger partial charge in [-0.3, -0.25) is 4.79 Å². The summed E-state index contributed by atoms with van der Waals surface area (Å²) in [7, 11) is 0. The second-order valence-corrected chi connectivity index (χ2v) is 5.65. The Morgan fingerprint density at radius 3 is 2.29 bits per heavy atom. The molecule has 2 nitrogen and oxygen atoms in total. The highest BCUT2D eigenvalue weighted by molar-refractivity contribution is 9.10. The van der Waals surface area contributed by atoms with Crippen molar-refractivity contribution in [3.05, 3.63) is 63.4 Å². The molecule has 0 saturated carbocycles. The number of aryl methyl sites for hydroxylation is 2. The fraction of sp³-hybridized carbons (Fsp3) is 0.235. The van der Waals surface area contributed by atoms with Crippen LogP contribution in [0, 0.1) is 5.82 Å². The monoisotopic (exact) mass is 349 g/mol. The smallest absolute Gasteiger partial charge is 0.258 e. The third kappa shape index (κ3) is 3.50. The van der Waals surface area contributed by atoms with Gasteiger partial charge >= 0.3 is 0 Å². The second kappa shape index (κ2) is 6.85. The van der Waals surface area contributed by atoms with Gasteiger partial charge in [0.05, 0.1) is 5.56 Å². The summed E-state index contributed by atoms with van der Waals surface area (Å²) in [5, 5.41) is 2.86. The van der Waals surface area contributed by atoms with Crippen molar-refractivity contribution in [1.29, 1.82) is 0 Å². The number of carbonyl (C=O) groups is 1. The normalized spacial score (nSPS) is 10.5. The quantitative estimate of drug-likeness (QED) is 0.829. The maximum Gasteiger partial charge on any atom is 0.258 e. The van der Waals surface area contributed by atoms with E-state index in [2.05, 4.69) is 21.2 Å². The van der Waals surface area contributed by atoms with Crippen molar-refractivity contribution in [2.75, 3.05) is 5.32 Å². The summed E-state index contributed by atoms with van der Waals surface area (Å²) in [6.07, 6.45) is 1.62. The van der Waals surface area contributed by atoms with Gasteiger partial charge in [0.25, 0.3) is 5.91 Å². The van der Waals surface area contributed by atoms with Crippen LogP contribution >= 0.6 is 15.9 Å². The van der Waals surface area contributed by atoms with E-state index in [-0.39, 0.29) is 5.56 Å². The van der Waals surface area contributed by atoms with Crippen LogP contribution in [0.3, 0.4) is 0 Å². The van der Waals surface area contributed by atoms with E-state index in [0.717, 1.165) is 29.7 Å². The Balaban J connectivity index is 2.35. The van der Waals surface area contributed by atoms with Gasteiger partial charge in [-0.25, -0.2) is 4.39 Å². The van der Waals surface area contributed by atoms with Crippen LogP contribution in [-0.4, -0.2) is 5.91 Å². The van der Waals surface area contributed by atoms with Crippen molar-refractivity contribution in [1.82, 2.24) is 0 Å². The molecule has 0 atom stereocenters. The first-order valence-electron chi connectivity index (χ1n) is 6.94. The summed E-state index contributed by atoms with van der Waals surface area (Å²) in [5.41, 5.74) is 2.96. The molecule has 4 heteroatoms. The van der Waals surface area contributed by atoms with E-state index in [4.69, 9.17) is 0 Å². The topological polar surface area (TPSA) is 29.1 Å². The maximum atomic E-state index is 13.9. The van der Waals surface area contributed by atoms with Crippen LogP contribution in [0.5, 0.6) is 0 Å². The summed E-state index contributed by atoms with van der Waals surface area (Å²) in [4.78, 5) is 12.3. The van der Waals surface area contributed by atoms with Crippen LogP contribution in [0.25, 0.3) is 0 Å². The van der Waals surface area contributed by atoms with Crippen molar-refractivity contribution < 1.29 is 9.18 Å². The number of amides is 1. The molecule has 0 bridgehead atoms. The zero-order valence-corrected chi connectivity index (χ0v) is 13.6. The first kappa shape index (κ1) is 15.7. The summed E-state index contributed by atoms with van der Waals surface area (Å²) in [5.74, 6) is -0.954. The van der Waals surface area contributed by atoms with Crippen LogP contribution < -0.4 is 5.32 Å². The van der Waals surface area contributed by atoms with Crippen LogP contribution in [-0.2, 0) is 12.8 Å². The number of nitrogens with one attached hydrogen (secondary N) is 1.